The summed E-state index contributed by atoms with van der Waals surface area (Å²) in [7, 11) is 1.89. The van der Waals surface area contributed by atoms with Crippen molar-refractivity contribution in [1.29, 1.82) is 0 Å². The Morgan fingerprint density at radius 2 is 2.10 bits per heavy atom. The minimum Gasteiger partial charge on any atom is -0.315 e. The molecular weight excluding hydrogens is 262 g/mol. The first-order valence-corrected chi connectivity index (χ1v) is 7.24. The summed E-state index contributed by atoms with van der Waals surface area (Å²) in [5, 5.41) is 2.94. The molecule has 4 nitrogen and oxygen atoms in total. The maximum atomic E-state index is 12.5. The smallest absolute Gasteiger partial charge is 0.315 e. The van der Waals surface area contributed by atoms with E-state index in [0.29, 0.717) is 5.82 Å². The van der Waals surface area contributed by atoms with Crippen molar-refractivity contribution in [2.45, 2.75) is 26.3 Å². The average Bonchev–Trinajstić information content (AvgIpc) is 2.87. The monoisotopic (exact) mass is 284 g/mol. The highest BCUT2D eigenvalue weighted by atomic mass is 16.2. The lowest BCUT2D eigenvalue weighted by atomic mass is 10.2. The Kier molecular flexibility index (Phi) is 4.93. The van der Waals surface area contributed by atoms with E-state index < -0.39 is 0 Å². The van der Waals surface area contributed by atoms with Crippen LogP contribution in [0.2, 0.25) is 0 Å². The van der Waals surface area contributed by atoms with Crippen LogP contribution in [0, 0.1) is 0 Å². The fourth-order valence-corrected chi connectivity index (χ4v) is 2.21. The topological polar surface area (TPSA) is 37.9 Å². The van der Waals surface area contributed by atoms with E-state index >= 15 is 0 Å². The molecule has 0 saturated heterocycles. The number of hydrogen-bond donors (Lipinski definition) is 1. The standard InChI is InChI=1S/C17H21N3O/c1-4-6-11-20-13-12-19(3)17(20)16(21)18-15-9-7-14(5-2)8-10-15/h5,7-10,12-13H,2,4,6,11H2,1,3H3/p+1. The first-order valence-electron chi connectivity index (χ1n) is 7.24. The van der Waals surface area contributed by atoms with Crippen molar-refractivity contribution < 1.29 is 9.36 Å². The largest absolute Gasteiger partial charge is 0.348 e. The second-order valence-corrected chi connectivity index (χ2v) is 5.06. The van der Waals surface area contributed by atoms with Crippen molar-refractivity contribution in [2.24, 2.45) is 7.05 Å². The number of carbonyl (C=O) groups excluding carboxylic acids is 1. The van der Waals surface area contributed by atoms with E-state index in [1.807, 2.05) is 52.8 Å². The Labute approximate surface area is 125 Å². The zero-order valence-electron chi connectivity index (χ0n) is 12.7. The van der Waals surface area contributed by atoms with Crippen LogP contribution in [0.15, 0.2) is 43.2 Å². The van der Waals surface area contributed by atoms with Crippen LogP contribution in [0.5, 0.6) is 0 Å². The van der Waals surface area contributed by atoms with Crippen LogP contribution in [0.1, 0.15) is 35.9 Å². The predicted molar refractivity (Wildman–Crippen MR) is 85.0 cm³/mol. The predicted octanol–water partition coefficient (Wildman–Crippen LogP) is 3.01. The molecule has 1 heterocycles. The summed E-state index contributed by atoms with van der Waals surface area (Å²) in [5.74, 6) is 0.571. The van der Waals surface area contributed by atoms with Gasteiger partial charge in [0.05, 0.1) is 13.6 Å². The van der Waals surface area contributed by atoms with E-state index in [9.17, 15) is 4.79 Å². The average molecular weight is 284 g/mol. The first-order chi connectivity index (χ1) is 10.2. The molecule has 21 heavy (non-hydrogen) atoms. The van der Waals surface area contributed by atoms with Gasteiger partial charge in [-0.25, -0.2) is 9.13 Å². The van der Waals surface area contributed by atoms with Crippen LogP contribution < -0.4 is 9.88 Å². The van der Waals surface area contributed by atoms with Gasteiger partial charge in [0.2, 0.25) is 0 Å². The fourth-order valence-electron chi connectivity index (χ4n) is 2.21. The maximum Gasteiger partial charge on any atom is 0.348 e. The van der Waals surface area contributed by atoms with Crippen molar-refractivity contribution in [3.63, 3.8) is 0 Å². The molecular formula is C17H22N3O+. The summed E-state index contributed by atoms with van der Waals surface area (Å²) < 4.78 is 3.85. The normalized spacial score (nSPS) is 10.4. The molecule has 0 aliphatic rings. The number of nitrogens with zero attached hydrogens (tertiary/aromatic N) is 2. The van der Waals surface area contributed by atoms with Crippen molar-refractivity contribution >= 4 is 17.7 Å². The highest BCUT2D eigenvalue weighted by Gasteiger charge is 2.23. The van der Waals surface area contributed by atoms with Crippen molar-refractivity contribution in [1.82, 2.24) is 4.57 Å². The van der Waals surface area contributed by atoms with Crippen LogP contribution in [-0.2, 0) is 13.6 Å². The molecule has 0 aliphatic heterocycles. The quantitative estimate of drug-likeness (QED) is 0.814. The lowest BCUT2D eigenvalue weighted by Crippen LogP contribution is -2.37. The number of amides is 1. The number of imidazole rings is 1. The molecule has 110 valence electrons. The summed E-state index contributed by atoms with van der Waals surface area (Å²) >= 11 is 0. The Morgan fingerprint density at radius 1 is 1.38 bits per heavy atom. The molecule has 0 saturated carbocycles. The van der Waals surface area contributed by atoms with Gasteiger partial charge in [-0.3, -0.25) is 4.79 Å². The molecule has 2 rings (SSSR count). The number of anilines is 1. The van der Waals surface area contributed by atoms with Gasteiger partial charge in [0.1, 0.15) is 12.4 Å². The Balaban J connectivity index is 2.15. The summed E-state index contributed by atoms with van der Waals surface area (Å²) in [5.41, 5.74) is 1.82. The summed E-state index contributed by atoms with van der Waals surface area (Å²) in [4.78, 5) is 12.5. The molecule has 1 N–H and O–H groups in total. The number of rotatable bonds is 6. The van der Waals surface area contributed by atoms with Gasteiger partial charge in [0, 0.05) is 5.69 Å². The van der Waals surface area contributed by atoms with Gasteiger partial charge in [0.15, 0.2) is 0 Å². The molecule has 4 heteroatoms. The number of benzene rings is 1. The van der Waals surface area contributed by atoms with Crippen molar-refractivity contribution in [2.75, 3.05) is 5.32 Å². The van der Waals surface area contributed by atoms with E-state index in [2.05, 4.69) is 18.8 Å². The van der Waals surface area contributed by atoms with Gasteiger partial charge in [-0.15, -0.1) is 0 Å². The van der Waals surface area contributed by atoms with E-state index in [4.69, 9.17) is 0 Å². The maximum absolute atomic E-state index is 12.5. The molecule has 0 atom stereocenters. The Morgan fingerprint density at radius 3 is 2.71 bits per heavy atom. The lowest BCUT2D eigenvalue weighted by molar-refractivity contribution is -0.672. The van der Waals surface area contributed by atoms with Gasteiger partial charge in [-0.1, -0.05) is 38.1 Å². The molecule has 0 bridgehead atoms. The Hall–Kier alpha value is -2.36. The number of carbonyl (C=O) groups is 1. The zero-order chi connectivity index (χ0) is 15.2. The molecule has 1 aromatic carbocycles. The number of nitrogens with one attached hydrogen (secondary N) is 1. The summed E-state index contributed by atoms with van der Waals surface area (Å²) in [6.45, 7) is 6.72. The van der Waals surface area contributed by atoms with Crippen LogP contribution in [0.4, 0.5) is 5.69 Å². The number of aromatic nitrogens is 2. The van der Waals surface area contributed by atoms with Gasteiger partial charge >= 0.3 is 11.7 Å². The Bertz CT molecular complexity index is 626. The minimum atomic E-state index is -0.0926. The van der Waals surface area contributed by atoms with Gasteiger partial charge in [-0.2, -0.15) is 0 Å². The van der Waals surface area contributed by atoms with E-state index in [1.54, 1.807) is 6.08 Å². The molecule has 1 aromatic heterocycles. The SMILES string of the molecule is C=Cc1ccc(NC(=O)c2n(CCCC)cc[n+]2C)cc1. The number of aryl methyl sites for hydroxylation is 2. The molecule has 0 aliphatic carbocycles. The third kappa shape index (κ3) is 3.60. The van der Waals surface area contributed by atoms with Crippen LogP contribution >= 0.6 is 0 Å². The highest BCUT2D eigenvalue weighted by molar-refractivity contribution is 6.00. The molecule has 2 aromatic rings. The summed E-state index contributed by atoms with van der Waals surface area (Å²) in [6, 6.07) is 7.62. The first kappa shape index (κ1) is 15.0. The lowest BCUT2D eigenvalue weighted by Gasteiger charge is -2.05. The highest BCUT2D eigenvalue weighted by Crippen LogP contribution is 2.11. The third-order valence-electron chi connectivity index (χ3n) is 3.44. The second kappa shape index (κ2) is 6.88. The van der Waals surface area contributed by atoms with Gasteiger partial charge < -0.3 is 5.32 Å². The molecule has 0 fully saturated rings. The van der Waals surface area contributed by atoms with E-state index in [0.717, 1.165) is 30.6 Å². The van der Waals surface area contributed by atoms with E-state index in [-0.39, 0.29) is 5.91 Å². The number of unbranched alkanes of at least 4 members (excludes halogenated alkanes) is 1. The zero-order valence-corrected chi connectivity index (χ0v) is 12.7. The van der Waals surface area contributed by atoms with Crippen molar-refractivity contribution in [3.05, 3.63) is 54.6 Å². The second-order valence-electron chi connectivity index (χ2n) is 5.06. The van der Waals surface area contributed by atoms with Crippen LogP contribution in [0.3, 0.4) is 0 Å². The molecule has 1 amide bonds. The third-order valence-corrected chi connectivity index (χ3v) is 3.44. The minimum absolute atomic E-state index is 0.0926. The van der Waals surface area contributed by atoms with Crippen LogP contribution in [0.25, 0.3) is 6.08 Å². The molecule has 0 radical (unpaired) electrons. The van der Waals surface area contributed by atoms with E-state index in [1.165, 1.54) is 0 Å². The fraction of sp³-hybridized carbons (Fsp3) is 0.294. The number of hydrogen-bond acceptors (Lipinski definition) is 1. The molecule has 0 spiro atoms. The summed E-state index contributed by atoms with van der Waals surface area (Å²) in [6.07, 6.45) is 7.80. The van der Waals surface area contributed by atoms with Crippen molar-refractivity contribution in [3.8, 4) is 0 Å². The molecule has 0 unspecified atom stereocenters. The van der Waals surface area contributed by atoms with Gasteiger partial charge in [0.25, 0.3) is 0 Å². The van der Waals surface area contributed by atoms with Gasteiger partial charge in [-0.05, 0) is 24.1 Å². The van der Waals surface area contributed by atoms with Crippen LogP contribution in [-0.4, -0.2) is 10.5 Å².